The molecular formula is C58H35N5OS. The van der Waals surface area contributed by atoms with E-state index in [2.05, 4.69) is 144 Å². The molecule has 0 aliphatic carbocycles. The molecule has 4 aromatic heterocycles. The molecule has 0 spiro atoms. The van der Waals surface area contributed by atoms with E-state index in [0.29, 0.717) is 17.5 Å². The van der Waals surface area contributed by atoms with Crippen molar-refractivity contribution in [2.45, 2.75) is 0 Å². The van der Waals surface area contributed by atoms with Crippen molar-refractivity contribution in [1.82, 2.24) is 24.5 Å². The molecule has 0 bridgehead atoms. The first kappa shape index (κ1) is 37.1. The smallest absolute Gasteiger partial charge is 0.167 e. The number of para-hydroxylation sites is 5. The zero-order valence-corrected chi connectivity index (χ0v) is 35.6. The third-order valence-electron chi connectivity index (χ3n) is 12.3. The minimum atomic E-state index is 0.567. The highest BCUT2D eigenvalue weighted by Crippen LogP contribution is 2.42. The summed E-state index contributed by atoms with van der Waals surface area (Å²) in [6, 6.07) is 74.0. The van der Waals surface area contributed by atoms with E-state index in [1.807, 2.05) is 84.1 Å². The van der Waals surface area contributed by atoms with E-state index in [-0.39, 0.29) is 0 Å². The van der Waals surface area contributed by atoms with Gasteiger partial charge in [-0.2, -0.15) is 0 Å². The minimum Gasteiger partial charge on any atom is -0.455 e. The molecule has 6 nitrogen and oxygen atoms in total. The number of aromatic nitrogens is 5. The Labute approximate surface area is 377 Å². The summed E-state index contributed by atoms with van der Waals surface area (Å²) in [5.41, 5.74) is 13.1. The fourth-order valence-electron chi connectivity index (χ4n) is 9.14. The lowest BCUT2D eigenvalue weighted by Gasteiger charge is -2.10. The SMILES string of the molecule is c1ccc(-c2nc(-c3ccc(-c4cccc5c4sc4ccc(-c6ccc(-c7nc8ccccc8n7-c7ccccc7)cc6)cc45)cc3)nc(-c3cccc4c3oc3ccccc34)n2)cc1. The highest BCUT2D eigenvalue weighted by atomic mass is 32.1. The molecule has 13 rings (SSSR count). The van der Waals surface area contributed by atoms with E-state index in [4.69, 9.17) is 24.4 Å². The molecule has 304 valence electrons. The summed E-state index contributed by atoms with van der Waals surface area (Å²) in [4.78, 5) is 20.2. The second-order valence-electron chi connectivity index (χ2n) is 16.2. The maximum absolute atomic E-state index is 6.42. The third-order valence-corrected chi connectivity index (χ3v) is 13.5. The number of benzene rings is 9. The van der Waals surface area contributed by atoms with Gasteiger partial charge in [0.1, 0.15) is 17.0 Å². The maximum Gasteiger partial charge on any atom is 0.167 e. The van der Waals surface area contributed by atoms with Gasteiger partial charge in [0.25, 0.3) is 0 Å². The standard InChI is InChI=1S/C58H35N5OS/c1-3-13-38(14-4-1)55-60-56(62-57(61-55)47-21-12-19-45-44-17-7-10-24-51(44)64-53(45)47)39-29-27-37(28-30-39)43-18-11-20-46-48-35-41(33-34-52(48)65-54(43)46)36-25-31-40(32-26-36)58-59-49-22-8-9-23-50(49)63(58)42-15-5-2-6-16-42/h1-35H. The van der Waals surface area contributed by atoms with Crippen LogP contribution in [0.2, 0.25) is 0 Å². The van der Waals surface area contributed by atoms with Crippen molar-refractivity contribution in [1.29, 1.82) is 0 Å². The van der Waals surface area contributed by atoms with E-state index in [0.717, 1.165) is 77.9 Å². The zero-order chi connectivity index (χ0) is 42.8. The number of thiophene rings is 1. The average Bonchev–Trinajstić information content (AvgIpc) is 4.08. The predicted octanol–water partition coefficient (Wildman–Crippen LogP) is 15.5. The largest absolute Gasteiger partial charge is 0.455 e. The third kappa shape index (κ3) is 6.32. The quantitative estimate of drug-likeness (QED) is 0.160. The highest BCUT2D eigenvalue weighted by molar-refractivity contribution is 7.26. The van der Waals surface area contributed by atoms with Gasteiger partial charge in [-0.1, -0.05) is 164 Å². The second-order valence-corrected chi connectivity index (χ2v) is 17.2. The van der Waals surface area contributed by atoms with Crippen LogP contribution in [-0.4, -0.2) is 24.5 Å². The molecule has 0 unspecified atom stereocenters. The van der Waals surface area contributed by atoms with Crippen LogP contribution >= 0.6 is 11.3 Å². The molecule has 0 atom stereocenters. The number of furan rings is 1. The van der Waals surface area contributed by atoms with E-state index in [1.165, 1.54) is 31.3 Å². The van der Waals surface area contributed by atoms with Gasteiger partial charge in [-0.15, -0.1) is 11.3 Å². The molecule has 13 aromatic rings. The predicted molar refractivity (Wildman–Crippen MR) is 267 cm³/mol. The van der Waals surface area contributed by atoms with Crippen LogP contribution in [0, 0.1) is 0 Å². The van der Waals surface area contributed by atoms with Crippen LogP contribution in [-0.2, 0) is 0 Å². The van der Waals surface area contributed by atoms with Crippen molar-refractivity contribution in [2.24, 2.45) is 0 Å². The molecule has 0 amide bonds. The first-order valence-electron chi connectivity index (χ1n) is 21.6. The van der Waals surface area contributed by atoms with E-state index in [1.54, 1.807) is 0 Å². The number of rotatable bonds is 7. The summed E-state index contributed by atoms with van der Waals surface area (Å²) in [7, 11) is 0. The second kappa shape index (κ2) is 15.1. The van der Waals surface area contributed by atoms with Crippen LogP contribution in [0.3, 0.4) is 0 Å². The highest BCUT2D eigenvalue weighted by Gasteiger charge is 2.19. The maximum atomic E-state index is 6.42. The van der Waals surface area contributed by atoms with Gasteiger partial charge >= 0.3 is 0 Å². The Kier molecular flexibility index (Phi) is 8.60. The summed E-state index contributed by atoms with van der Waals surface area (Å²) in [5, 5.41) is 4.59. The molecule has 4 heterocycles. The summed E-state index contributed by atoms with van der Waals surface area (Å²) < 4.78 is 11.2. The summed E-state index contributed by atoms with van der Waals surface area (Å²) >= 11 is 1.84. The topological polar surface area (TPSA) is 69.6 Å². The van der Waals surface area contributed by atoms with Gasteiger partial charge in [0.2, 0.25) is 0 Å². The first-order valence-corrected chi connectivity index (χ1v) is 22.4. The van der Waals surface area contributed by atoms with Crippen molar-refractivity contribution < 1.29 is 4.42 Å². The zero-order valence-electron chi connectivity index (χ0n) is 34.8. The van der Waals surface area contributed by atoms with E-state index >= 15 is 0 Å². The van der Waals surface area contributed by atoms with Gasteiger partial charge in [-0.25, -0.2) is 19.9 Å². The fraction of sp³-hybridized carbons (Fsp3) is 0. The number of hydrogen-bond acceptors (Lipinski definition) is 6. The number of hydrogen-bond donors (Lipinski definition) is 0. The molecule has 9 aromatic carbocycles. The van der Waals surface area contributed by atoms with Gasteiger partial charge in [0.15, 0.2) is 17.5 Å². The lowest BCUT2D eigenvalue weighted by atomic mass is 9.99. The number of imidazole rings is 1. The van der Waals surface area contributed by atoms with Crippen LogP contribution in [0.1, 0.15) is 0 Å². The molecule has 0 N–H and O–H groups in total. The summed E-state index contributed by atoms with van der Waals surface area (Å²) in [5.74, 6) is 2.70. The first-order chi connectivity index (χ1) is 32.2. The molecule has 0 radical (unpaired) electrons. The average molecular weight is 850 g/mol. The Balaban J connectivity index is 0.845. The van der Waals surface area contributed by atoms with Crippen LogP contribution in [0.25, 0.3) is 127 Å². The Morgan fingerprint density at radius 2 is 0.985 bits per heavy atom. The Morgan fingerprint density at radius 3 is 1.80 bits per heavy atom. The Morgan fingerprint density at radius 1 is 0.385 bits per heavy atom. The van der Waals surface area contributed by atoms with Gasteiger partial charge in [0.05, 0.1) is 16.6 Å². The fourth-order valence-corrected chi connectivity index (χ4v) is 10.4. The Bertz CT molecular complexity index is 3930. The number of fused-ring (bicyclic) bond motifs is 7. The summed E-state index contributed by atoms with van der Waals surface area (Å²) in [6.07, 6.45) is 0. The van der Waals surface area contributed by atoms with Gasteiger partial charge in [-0.3, -0.25) is 4.57 Å². The minimum absolute atomic E-state index is 0.567. The lowest BCUT2D eigenvalue weighted by molar-refractivity contribution is 0.669. The van der Waals surface area contributed by atoms with E-state index < -0.39 is 0 Å². The molecule has 0 saturated carbocycles. The lowest BCUT2D eigenvalue weighted by Crippen LogP contribution is -2.00. The molecule has 0 saturated heterocycles. The van der Waals surface area contributed by atoms with Gasteiger partial charge in [-0.05, 0) is 70.8 Å². The number of nitrogens with zero attached hydrogens (tertiary/aromatic N) is 5. The normalized spacial score (nSPS) is 11.7. The van der Waals surface area contributed by atoms with Crippen LogP contribution in [0.4, 0.5) is 0 Å². The van der Waals surface area contributed by atoms with Crippen molar-refractivity contribution >= 4 is 64.5 Å². The van der Waals surface area contributed by atoms with Crippen molar-refractivity contribution in [3.63, 3.8) is 0 Å². The molecular weight excluding hydrogens is 815 g/mol. The summed E-state index contributed by atoms with van der Waals surface area (Å²) in [6.45, 7) is 0. The monoisotopic (exact) mass is 849 g/mol. The molecule has 65 heavy (non-hydrogen) atoms. The van der Waals surface area contributed by atoms with Gasteiger partial charge in [0, 0.05) is 53.3 Å². The molecule has 0 fully saturated rings. The molecule has 0 aliphatic rings. The van der Waals surface area contributed by atoms with Crippen molar-refractivity contribution in [3.8, 4) is 73.5 Å². The van der Waals surface area contributed by atoms with Crippen molar-refractivity contribution in [2.75, 3.05) is 0 Å². The van der Waals surface area contributed by atoms with Crippen molar-refractivity contribution in [3.05, 3.63) is 212 Å². The van der Waals surface area contributed by atoms with Crippen LogP contribution in [0.5, 0.6) is 0 Å². The molecule has 0 aliphatic heterocycles. The van der Waals surface area contributed by atoms with E-state index in [9.17, 15) is 0 Å². The van der Waals surface area contributed by atoms with Crippen LogP contribution < -0.4 is 0 Å². The molecule has 7 heteroatoms. The Hall–Kier alpha value is -8.52. The van der Waals surface area contributed by atoms with Crippen LogP contribution in [0.15, 0.2) is 217 Å². The van der Waals surface area contributed by atoms with Gasteiger partial charge < -0.3 is 4.42 Å².